The molecule has 1 aromatic carbocycles. The first-order valence-electron chi connectivity index (χ1n) is 6.12. The van der Waals surface area contributed by atoms with Gasteiger partial charge in [-0.3, -0.25) is 4.79 Å². The molecule has 0 fully saturated rings. The maximum Gasteiger partial charge on any atom is 0.220 e. The molecule has 1 amide bonds. The van der Waals surface area contributed by atoms with Crippen molar-refractivity contribution in [3.05, 3.63) is 64.6 Å². The third-order valence-electron chi connectivity index (χ3n) is 2.70. The molecule has 0 atom stereocenters. The van der Waals surface area contributed by atoms with Gasteiger partial charge in [0.05, 0.1) is 12.8 Å². The minimum absolute atomic E-state index is 0.00817. The molecule has 1 aromatic heterocycles. The van der Waals surface area contributed by atoms with Crippen molar-refractivity contribution in [1.82, 2.24) is 5.32 Å². The van der Waals surface area contributed by atoms with Crippen LogP contribution in [-0.2, 0) is 17.8 Å². The molecule has 0 saturated carbocycles. The summed E-state index contributed by atoms with van der Waals surface area (Å²) in [5.41, 5.74) is 1.16. The lowest BCUT2D eigenvalue weighted by molar-refractivity contribution is -0.121. The fraction of sp³-hybridized carbons (Fsp3) is 0.200. The highest BCUT2D eigenvalue weighted by atomic mass is 32.1. The molecule has 19 heavy (non-hydrogen) atoms. The SMILES string of the molecule is O=C(CCc1ccccc1)NCc1cc(=S)cco1. The van der Waals surface area contributed by atoms with Gasteiger partial charge in [-0.25, -0.2) is 0 Å². The lowest BCUT2D eigenvalue weighted by Gasteiger charge is -2.04. The summed E-state index contributed by atoms with van der Waals surface area (Å²) in [5.74, 6) is 0.675. The molecule has 0 aliphatic heterocycles. The van der Waals surface area contributed by atoms with Crippen LogP contribution in [-0.4, -0.2) is 5.91 Å². The van der Waals surface area contributed by atoms with Gasteiger partial charge in [0.1, 0.15) is 5.76 Å². The lowest BCUT2D eigenvalue weighted by Crippen LogP contribution is -2.22. The van der Waals surface area contributed by atoms with E-state index in [0.717, 1.165) is 12.0 Å². The van der Waals surface area contributed by atoms with Crippen LogP contribution in [0.15, 0.2) is 53.1 Å². The fourth-order valence-electron chi connectivity index (χ4n) is 1.70. The van der Waals surface area contributed by atoms with E-state index in [9.17, 15) is 4.79 Å². The van der Waals surface area contributed by atoms with Crippen LogP contribution < -0.4 is 5.32 Å². The molecule has 0 unspecified atom stereocenters. The van der Waals surface area contributed by atoms with E-state index in [1.165, 1.54) is 6.26 Å². The number of carbonyl (C=O) groups is 1. The van der Waals surface area contributed by atoms with Gasteiger partial charge in [0.2, 0.25) is 5.91 Å². The monoisotopic (exact) mass is 273 g/mol. The fourth-order valence-corrected chi connectivity index (χ4v) is 1.89. The molecule has 0 bridgehead atoms. The maximum absolute atomic E-state index is 11.7. The second-order valence-corrected chi connectivity index (χ2v) is 4.67. The van der Waals surface area contributed by atoms with Crippen LogP contribution in [0.2, 0.25) is 0 Å². The van der Waals surface area contributed by atoms with Gasteiger partial charge < -0.3 is 9.73 Å². The van der Waals surface area contributed by atoms with Crippen molar-refractivity contribution in [3.8, 4) is 0 Å². The smallest absolute Gasteiger partial charge is 0.220 e. The van der Waals surface area contributed by atoms with E-state index in [1.54, 1.807) is 12.1 Å². The van der Waals surface area contributed by atoms with Gasteiger partial charge in [0.25, 0.3) is 0 Å². The number of hydrogen-bond acceptors (Lipinski definition) is 3. The predicted molar refractivity (Wildman–Crippen MR) is 76.2 cm³/mol. The highest BCUT2D eigenvalue weighted by Crippen LogP contribution is 2.03. The van der Waals surface area contributed by atoms with E-state index >= 15 is 0 Å². The Balaban J connectivity index is 1.77. The van der Waals surface area contributed by atoms with Crippen LogP contribution >= 0.6 is 12.2 Å². The second kappa shape index (κ2) is 6.85. The Morgan fingerprint density at radius 3 is 2.74 bits per heavy atom. The summed E-state index contributed by atoms with van der Waals surface area (Å²) in [4.78, 5) is 11.7. The molecular formula is C15H15NO2S. The lowest BCUT2D eigenvalue weighted by atomic mass is 10.1. The molecule has 2 aromatic rings. The Morgan fingerprint density at radius 2 is 2.00 bits per heavy atom. The third-order valence-corrected chi connectivity index (χ3v) is 2.95. The van der Waals surface area contributed by atoms with Crippen LogP contribution in [0.4, 0.5) is 0 Å². The molecule has 2 rings (SSSR count). The van der Waals surface area contributed by atoms with Crippen molar-refractivity contribution >= 4 is 18.1 Å². The quantitative estimate of drug-likeness (QED) is 0.850. The van der Waals surface area contributed by atoms with Gasteiger partial charge in [0, 0.05) is 10.9 Å². The topological polar surface area (TPSA) is 42.2 Å². The van der Waals surface area contributed by atoms with E-state index < -0.39 is 0 Å². The molecule has 4 heteroatoms. The highest BCUT2D eigenvalue weighted by molar-refractivity contribution is 7.71. The predicted octanol–water partition coefficient (Wildman–Crippen LogP) is 3.26. The van der Waals surface area contributed by atoms with E-state index in [2.05, 4.69) is 5.32 Å². The molecule has 0 spiro atoms. The number of rotatable bonds is 5. The molecular weight excluding hydrogens is 258 g/mol. The summed E-state index contributed by atoms with van der Waals surface area (Å²) >= 11 is 5.02. The van der Waals surface area contributed by atoms with Crippen molar-refractivity contribution in [2.45, 2.75) is 19.4 Å². The summed E-state index contributed by atoms with van der Waals surface area (Å²) < 4.78 is 5.95. The van der Waals surface area contributed by atoms with Crippen LogP contribution in [0.5, 0.6) is 0 Å². The molecule has 0 radical (unpaired) electrons. The Kier molecular flexibility index (Phi) is 4.86. The molecule has 3 nitrogen and oxygen atoms in total. The number of benzene rings is 1. The molecule has 1 N–H and O–H groups in total. The van der Waals surface area contributed by atoms with Crippen molar-refractivity contribution < 1.29 is 9.21 Å². The molecule has 98 valence electrons. The Hall–Kier alpha value is -1.94. The Labute approximate surface area is 117 Å². The zero-order valence-electron chi connectivity index (χ0n) is 10.5. The van der Waals surface area contributed by atoms with Gasteiger partial charge in [-0.15, -0.1) is 0 Å². The van der Waals surface area contributed by atoms with Crippen LogP contribution in [0, 0.1) is 4.51 Å². The van der Waals surface area contributed by atoms with Gasteiger partial charge in [0.15, 0.2) is 0 Å². The Bertz CT molecular complexity index is 592. The Morgan fingerprint density at radius 1 is 1.21 bits per heavy atom. The molecule has 0 saturated heterocycles. The zero-order valence-corrected chi connectivity index (χ0v) is 11.3. The minimum atomic E-state index is 0.00817. The number of hydrogen-bond donors (Lipinski definition) is 1. The summed E-state index contributed by atoms with van der Waals surface area (Å²) in [6.45, 7) is 0.373. The molecule has 0 aliphatic carbocycles. The maximum atomic E-state index is 11.7. The molecule has 1 heterocycles. The first-order valence-corrected chi connectivity index (χ1v) is 6.53. The minimum Gasteiger partial charge on any atom is -0.467 e. The van der Waals surface area contributed by atoms with Gasteiger partial charge in [-0.1, -0.05) is 42.5 Å². The average molecular weight is 273 g/mol. The van der Waals surface area contributed by atoms with Crippen LogP contribution in [0.3, 0.4) is 0 Å². The molecule has 0 aliphatic rings. The summed E-state index contributed by atoms with van der Waals surface area (Å²) in [7, 11) is 0. The van der Waals surface area contributed by atoms with Crippen molar-refractivity contribution in [2.24, 2.45) is 0 Å². The van der Waals surface area contributed by atoms with Gasteiger partial charge >= 0.3 is 0 Å². The first-order chi connectivity index (χ1) is 9.24. The van der Waals surface area contributed by atoms with Crippen LogP contribution in [0.25, 0.3) is 0 Å². The summed E-state index contributed by atoms with van der Waals surface area (Å²) in [6.07, 6.45) is 2.75. The van der Waals surface area contributed by atoms with Gasteiger partial charge in [-0.05, 0) is 24.1 Å². The number of amides is 1. The van der Waals surface area contributed by atoms with E-state index in [1.807, 2.05) is 30.3 Å². The largest absolute Gasteiger partial charge is 0.467 e. The van der Waals surface area contributed by atoms with Crippen molar-refractivity contribution in [2.75, 3.05) is 0 Å². The number of nitrogens with one attached hydrogen (secondary N) is 1. The number of aryl methyl sites for hydroxylation is 1. The first kappa shape index (κ1) is 13.5. The van der Waals surface area contributed by atoms with E-state index in [-0.39, 0.29) is 5.91 Å². The van der Waals surface area contributed by atoms with Crippen molar-refractivity contribution in [3.63, 3.8) is 0 Å². The third kappa shape index (κ3) is 4.67. The highest BCUT2D eigenvalue weighted by Gasteiger charge is 2.03. The standard InChI is InChI=1S/C15H15NO2S/c17-15(7-6-12-4-2-1-3-5-12)16-11-13-10-14(19)8-9-18-13/h1-5,8-10H,6-7,11H2,(H,16,17). The normalized spacial score (nSPS) is 10.1. The van der Waals surface area contributed by atoms with Crippen molar-refractivity contribution in [1.29, 1.82) is 0 Å². The second-order valence-electron chi connectivity index (χ2n) is 4.20. The van der Waals surface area contributed by atoms with E-state index in [4.69, 9.17) is 16.6 Å². The van der Waals surface area contributed by atoms with E-state index in [0.29, 0.717) is 23.2 Å². The van der Waals surface area contributed by atoms with Gasteiger partial charge in [-0.2, -0.15) is 0 Å². The number of carbonyl (C=O) groups excluding carboxylic acids is 1. The summed E-state index contributed by atoms with van der Waals surface area (Å²) in [6, 6.07) is 13.4. The average Bonchev–Trinajstić information content (AvgIpc) is 2.44. The van der Waals surface area contributed by atoms with Crippen LogP contribution in [0.1, 0.15) is 17.7 Å². The summed E-state index contributed by atoms with van der Waals surface area (Å²) in [5, 5.41) is 2.82. The zero-order chi connectivity index (χ0) is 13.5.